The third kappa shape index (κ3) is 3.41. The summed E-state index contributed by atoms with van der Waals surface area (Å²) in [7, 11) is 1.55. The van der Waals surface area contributed by atoms with E-state index in [0.717, 1.165) is 5.56 Å². The first-order valence-electron chi connectivity index (χ1n) is 9.38. The maximum Gasteiger partial charge on any atom is 0.264 e. The Kier molecular flexibility index (Phi) is 4.91. The van der Waals surface area contributed by atoms with Gasteiger partial charge in [0.2, 0.25) is 0 Å². The lowest BCUT2D eigenvalue weighted by molar-refractivity contribution is -0.136. The van der Waals surface area contributed by atoms with Crippen LogP contribution in [0.15, 0.2) is 78.9 Å². The van der Waals surface area contributed by atoms with Gasteiger partial charge < -0.3 is 14.7 Å². The van der Waals surface area contributed by atoms with Gasteiger partial charge in [-0.05, 0) is 35.9 Å². The van der Waals surface area contributed by atoms with E-state index >= 15 is 0 Å². The highest BCUT2D eigenvalue weighted by atomic mass is 16.5. The van der Waals surface area contributed by atoms with Crippen LogP contribution in [0.5, 0.6) is 5.75 Å². The van der Waals surface area contributed by atoms with Gasteiger partial charge in [0.15, 0.2) is 11.4 Å². The number of carbonyl (C=O) groups excluding carboxylic acids is 2. The number of methoxy groups -OCH3 is 1. The summed E-state index contributed by atoms with van der Waals surface area (Å²) < 4.78 is 5.11. The summed E-state index contributed by atoms with van der Waals surface area (Å²) >= 11 is 0. The van der Waals surface area contributed by atoms with E-state index in [1.165, 1.54) is 0 Å². The number of hydrogen-bond donors (Lipinski definition) is 1. The summed E-state index contributed by atoms with van der Waals surface area (Å²) in [5, 5.41) is 11.4. The summed E-state index contributed by atoms with van der Waals surface area (Å²) in [5.41, 5.74) is 0.573. The molecule has 4 rings (SSSR count). The van der Waals surface area contributed by atoms with Gasteiger partial charge in [0.1, 0.15) is 5.75 Å². The molecule has 1 atom stereocenters. The SMILES string of the molecule is COc1ccc(C(=O)CC2(O)C(=O)N(Cc3ccccc3)c3ccccc32)cc1. The van der Waals surface area contributed by atoms with Crippen LogP contribution >= 0.6 is 0 Å². The lowest BCUT2D eigenvalue weighted by Crippen LogP contribution is -2.41. The molecule has 29 heavy (non-hydrogen) atoms. The Morgan fingerprint density at radius 1 is 0.966 bits per heavy atom. The molecule has 1 unspecified atom stereocenters. The highest BCUT2D eigenvalue weighted by molar-refractivity contribution is 6.10. The second kappa shape index (κ2) is 7.53. The zero-order valence-electron chi connectivity index (χ0n) is 16.0. The summed E-state index contributed by atoms with van der Waals surface area (Å²) in [6.07, 6.45) is -0.319. The molecule has 0 fully saturated rings. The van der Waals surface area contributed by atoms with E-state index in [0.29, 0.717) is 29.1 Å². The van der Waals surface area contributed by atoms with Crippen molar-refractivity contribution in [2.75, 3.05) is 12.0 Å². The van der Waals surface area contributed by atoms with Gasteiger partial charge in [-0.3, -0.25) is 9.59 Å². The van der Waals surface area contributed by atoms with Crippen LogP contribution in [0.1, 0.15) is 27.9 Å². The standard InChI is InChI=1S/C24H21NO4/c1-29-19-13-11-18(12-14-19)22(26)15-24(28)20-9-5-6-10-21(20)25(23(24)27)16-17-7-3-2-4-8-17/h2-14,28H,15-16H2,1H3. The molecule has 1 heterocycles. The fraction of sp³-hybridized carbons (Fsp3) is 0.167. The summed E-state index contributed by atoms with van der Waals surface area (Å²) in [6.45, 7) is 0.329. The van der Waals surface area contributed by atoms with E-state index in [2.05, 4.69) is 0 Å². The summed E-state index contributed by atoms with van der Waals surface area (Å²) in [5.74, 6) is -0.152. The quantitative estimate of drug-likeness (QED) is 0.655. The fourth-order valence-corrected chi connectivity index (χ4v) is 3.71. The van der Waals surface area contributed by atoms with E-state index in [1.54, 1.807) is 54.5 Å². The number of anilines is 1. The van der Waals surface area contributed by atoms with E-state index < -0.39 is 11.5 Å². The van der Waals surface area contributed by atoms with Crippen molar-refractivity contribution in [1.29, 1.82) is 0 Å². The lowest BCUT2D eigenvalue weighted by Gasteiger charge is -2.23. The fourth-order valence-electron chi connectivity index (χ4n) is 3.71. The van der Waals surface area contributed by atoms with Crippen LogP contribution in [0.2, 0.25) is 0 Å². The molecule has 0 saturated heterocycles. The Morgan fingerprint density at radius 2 is 1.62 bits per heavy atom. The Bertz CT molecular complexity index is 1050. The van der Waals surface area contributed by atoms with Crippen LogP contribution in [0.3, 0.4) is 0 Å². The number of amides is 1. The van der Waals surface area contributed by atoms with Crippen molar-refractivity contribution in [2.45, 2.75) is 18.6 Å². The Labute approximate surface area is 169 Å². The monoisotopic (exact) mass is 387 g/mol. The molecule has 0 spiro atoms. The average Bonchev–Trinajstić information content (AvgIpc) is 2.96. The van der Waals surface area contributed by atoms with Crippen LogP contribution in [0.25, 0.3) is 0 Å². The molecule has 0 aromatic heterocycles. The molecule has 1 aliphatic rings. The molecule has 0 saturated carbocycles. The van der Waals surface area contributed by atoms with E-state index in [-0.39, 0.29) is 12.2 Å². The van der Waals surface area contributed by atoms with Crippen LogP contribution in [0, 0.1) is 0 Å². The van der Waals surface area contributed by atoms with Gasteiger partial charge in [0, 0.05) is 11.1 Å². The van der Waals surface area contributed by atoms with Gasteiger partial charge in [-0.2, -0.15) is 0 Å². The number of rotatable bonds is 6. The highest BCUT2D eigenvalue weighted by Gasteiger charge is 2.50. The number of para-hydroxylation sites is 1. The molecule has 0 radical (unpaired) electrons. The molecule has 1 aliphatic heterocycles. The molecular weight excluding hydrogens is 366 g/mol. The molecule has 5 heteroatoms. The topological polar surface area (TPSA) is 66.8 Å². The molecule has 3 aromatic carbocycles. The number of hydrogen-bond acceptors (Lipinski definition) is 4. The van der Waals surface area contributed by atoms with Gasteiger partial charge in [-0.15, -0.1) is 0 Å². The zero-order valence-corrected chi connectivity index (χ0v) is 16.0. The molecule has 0 bridgehead atoms. The van der Waals surface area contributed by atoms with Crippen molar-refractivity contribution in [1.82, 2.24) is 0 Å². The number of benzene rings is 3. The minimum absolute atomic E-state index is 0.306. The third-order valence-electron chi connectivity index (χ3n) is 5.25. The minimum Gasteiger partial charge on any atom is -0.497 e. The Hall–Kier alpha value is -3.44. The van der Waals surface area contributed by atoms with Crippen molar-refractivity contribution >= 4 is 17.4 Å². The van der Waals surface area contributed by atoms with E-state index in [1.807, 2.05) is 36.4 Å². The number of nitrogens with zero attached hydrogens (tertiary/aromatic N) is 1. The van der Waals surface area contributed by atoms with Crippen molar-refractivity contribution in [3.63, 3.8) is 0 Å². The summed E-state index contributed by atoms with van der Waals surface area (Å²) in [6, 6.07) is 23.3. The minimum atomic E-state index is -1.89. The van der Waals surface area contributed by atoms with Crippen LogP contribution in [0.4, 0.5) is 5.69 Å². The normalized spacial score (nSPS) is 17.9. The lowest BCUT2D eigenvalue weighted by atomic mass is 9.88. The van der Waals surface area contributed by atoms with Crippen molar-refractivity contribution in [3.05, 3.63) is 95.6 Å². The average molecular weight is 387 g/mol. The number of ether oxygens (including phenoxy) is 1. The van der Waals surface area contributed by atoms with Crippen LogP contribution in [-0.4, -0.2) is 23.9 Å². The first kappa shape index (κ1) is 18.9. The predicted molar refractivity (Wildman–Crippen MR) is 110 cm³/mol. The largest absolute Gasteiger partial charge is 0.497 e. The smallest absolute Gasteiger partial charge is 0.264 e. The Balaban J connectivity index is 1.65. The second-order valence-electron chi connectivity index (χ2n) is 7.08. The zero-order chi connectivity index (χ0) is 20.4. The van der Waals surface area contributed by atoms with E-state index in [4.69, 9.17) is 4.74 Å². The number of ketones is 1. The number of aliphatic hydroxyl groups is 1. The van der Waals surface area contributed by atoms with Crippen molar-refractivity contribution < 1.29 is 19.4 Å². The first-order chi connectivity index (χ1) is 14.0. The highest BCUT2D eigenvalue weighted by Crippen LogP contribution is 2.43. The maximum absolute atomic E-state index is 13.3. The van der Waals surface area contributed by atoms with Gasteiger partial charge in [0.05, 0.1) is 25.8 Å². The van der Waals surface area contributed by atoms with Crippen molar-refractivity contribution in [3.8, 4) is 5.75 Å². The van der Waals surface area contributed by atoms with Gasteiger partial charge in [-0.1, -0.05) is 48.5 Å². The number of Topliss-reactive ketones (excluding diaryl/α,β-unsaturated/α-hetero) is 1. The first-order valence-corrected chi connectivity index (χ1v) is 9.38. The number of fused-ring (bicyclic) bond motifs is 1. The van der Waals surface area contributed by atoms with Gasteiger partial charge in [0.25, 0.3) is 5.91 Å². The summed E-state index contributed by atoms with van der Waals surface area (Å²) in [4.78, 5) is 27.7. The molecule has 5 nitrogen and oxygen atoms in total. The third-order valence-corrected chi connectivity index (χ3v) is 5.25. The van der Waals surface area contributed by atoms with Crippen LogP contribution in [-0.2, 0) is 16.9 Å². The number of carbonyl (C=O) groups is 2. The molecule has 0 aliphatic carbocycles. The second-order valence-corrected chi connectivity index (χ2v) is 7.08. The predicted octanol–water partition coefficient (Wildman–Crippen LogP) is 3.70. The van der Waals surface area contributed by atoms with Crippen LogP contribution < -0.4 is 9.64 Å². The molecule has 3 aromatic rings. The molecular formula is C24H21NO4. The van der Waals surface area contributed by atoms with Gasteiger partial charge >= 0.3 is 0 Å². The maximum atomic E-state index is 13.3. The van der Waals surface area contributed by atoms with Gasteiger partial charge in [-0.25, -0.2) is 0 Å². The van der Waals surface area contributed by atoms with Crippen molar-refractivity contribution in [2.24, 2.45) is 0 Å². The molecule has 1 amide bonds. The Morgan fingerprint density at radius 3 is 2.31 bits per heavy atom. The molecule has 1 N–H and O–H groups in total. The molecule has 146 valence electrons. The van der Waals surface area contributed by atoms with E-state index in [9.17, 15) is 14.7 Å².